The normalized spacial score (nSPS) is 12.0. The SMILES string of the molecule is c1ccc(-c2nc(-c3ccc4c(c3)sc3ccccc34)nc(-c3ccc(-n4c5ccccc5c5cc6ccccc6cc54)cc3-c3cccc4oc5c6ccccc6ccc5c34)n2)cc1. The summed E-state index contributed by atoms with van der Waals surface area (Å²) in [5.41, 5.74) is 9.81. The molecule has 65 heavy (non-hydrogen) atoms. The zero-order valence-corrected chi connectivity index (χ0v) is 35.6. The summed E-state index contributed by atoms with van der Waals surface area (Å²) in [6.07, 6.45) is 0. The molecule has 0 unspecified atom stereocenters. The molecule has 4 heterocycles. The van der Waals surface area contributed by atoms with E-state index in [1.807, 2.05) is 18.2 Å². The Hall–Kier alpha value is -8.45. The Morgan fingerprint density at radius 2 is 1.06 bits per heavy atom. The van der Waals surface area contributed by atoms with Crippen molar-refractivity contribution in [3.8, 4) is 51.0 Å². The minimum absolute atomic E-state index is 0.593. The van der Waals surface area contributed by atoms with Gasteiger partial charge in [-0.1, -0.05) is 146 Å². The Bertz CT molecular complexity index is 4260. The predicted molar refractivity (Wildman–Crippen MR) is 271 cm³/mol. The van der Waals surface area contributed by atoms with Gasteiger partial charge in [0.05, 0.1) is 11.0 Å². The van der Waals surface area contributed by atoms with E-state index in [1.54, 1.807) is 11.3 Å². The van der Waals surface area contributed by atoms with Crippen molar-refractivity contribution in [2.24, 2.45) is 0 Å². The fourth-order valence-corrected chi connectivity index (χ4v) is 11.2. The third-order valence-corrected chi connectivity index (χ3v) is 14.2. The molecule has 0 fully saturated rings. The van der Waals surface area contributed by atoms with Crippen LogP contribution in [0.2, 0.25) is 0 Å². The smallest absolute Gasteiger partial charge is 0.164 e. The number of benzene rings is 10. The number of aromatic nitrogens is 4. The van der Waals surface area contributed by atoms with Gasteiger partial charge in [-0.15, -0.1) is 11.3 Å². The number of furan rings is 1. The zero-order valence-electron chi connectivity index (χ0n) is 34.7. The number of rotatable bonds is 5. The van der Waals surface area contributed by atoms with E-state index in [-0.39, 0.29) is 0 Å². The van der Waals surface area contributed by atoms with Crippen molar-refractivity contribution in [1.29, 1.82) is 0 Å². The third-order valence-electron chi connectivity index (χ3n) is 13.0. The summed E-state index contributed by atoms with van der Waals surface area (Å²) in [4.78, 5) is 15.9. The molecule has 302 valence electrons. The topological polar surface area (TPSA) is 56.7 Å². The summed E-state index contributed by atoms with van der Waals surface area (Å²) >= 11 is 1.79. The lowest BCUT2D eigenvalue weighted by atomic mass is 9.93. The van der Waals surface area contributed by atoms with Gasteiger partial charge in [0.2, 0.25) is 0 Å². The van der Waals surface area contributed by atoms with Crippen molar-refractivity contribution in [2.75, 3.05) is 0 Å². The lowest BCUT2D eigenvalue weighted by Crippen LogP contribution is -2.02. The van der Waals surface area contributed by atoms with E-state index in [4.69, 9.17) is 19.4 Å². The average Bonchev–Trinajstić information content (AvgIpc) is 4.05. The zero-order chi connectivity index (χ0) is 42.6. The summed E-state index contributed by atoms with van der Waals surface area (Å²) in [5.74, 6) is 1.83. The van der Waals surface area contributed by atoms with Crippen molar-refractivity contribution < 1.29 is 4.42 Å². The second-order valence-electron chi connectivity index (χ2n) is 16.7. The predicted octanol–water partition coefficient (Wildman–Crippen LogP) is 16.2. The molecule has 0 aliphatic carbocycles. The molecule has 6 heteroatoms. The minimum Gasteiger partial charge on any atom is -0.455 e. The minimum atomic E-state index is 0.593. The summed E-state index contributed by atoms with van der Waals surface area (Å²) in [6.45, 7) is 0. The fourth-order valence-electron chi connectivity index (χ4n) is 10.0. The van der Waals surface area contributed by atoms with Crippen molar-refractivity contribution in [2.45, 2.75) is 0 Å². The van der Waals surface area contributed by atoms with Crippen LogP contribution >= 0.6 is 11.3 Å². The lowest BCUT2D eigenvalue weighted by molar-refractivity contribution is 0.673. The summed E-state index contributed by atoms with van der Waals surface area (Å²) in [6, 6.07) is 73.3. The highest BCUT2D eigenvalue weighted by Crippen LogP contribution is 2.45. The first-order valence-electron chi connectivity index (χ1n) is 21.8. The monoisotopic (exact) mass is 846 g/mol. The highest BCUT2D eigenvalue weighted by Gasteiger charge is 2.23. The van der Waals surface area contributed by atoms with Crippen LogP contribution in [0.1, 0.15) is 0 Å². The molecule has 0 aliphatic rings. The van der Waals surface area contributed by atoms with Crippen LogP contribution in [0.4, 0.5) is 0 Å². The Labute approximate surface area is 376 Å². The number of thiophene rings is 1. The Kier molecular flexibility index (Phi) is 7.79. The van der Waals surface area contributed by atoms with Gasteiger partial charge in [-0.05, 0) is 87.9 Å². The first-order chi connectivity index (χ1) is 32.2. The van der Waals surface area contributed by atoms with Gasteiger partial charge in [0.25, 0.3) is 0 Å². The van der Waals surface area contributed by atoms with Gasteiger partial charge in [0.1, 0.15) is 11.2 Å². The lowest BCUT2D eigenvalue weighted by Gasteiger charge is -2.16. The molecule has 0 radical (unpaired) electrons. The van der Waals surface area contributed by atoms with E-state index in [2.05, 4.69) is 193 Å². The Morgan fingerprint density at radius 1 is 0.369 bits per heavy atom. The Morgan fingerprint density at radius 3 is 1.94 bits per heavy atom. The molecular formula is C59H34N4OS. The summed E-state index contributed by atoms with van der Waals surface area (Å²) < 4.78 is 11.7. The molecule has 5 nitrogen and oxygen atoms in total. The molecule has 14 rings (SSSR count). The molecule has 10 aromatic carbocycles. The van der Waals surface area contributed by atoms with Crippen LogP contribution < -0.4 is 0 Å². The summed E-state index contributed by atoms with van der Waals surface area (Å²) in [5, 5.41) is 11.7. The van der Waals surface area contributed by atoms with E-state index in [9.17, 15) is 0 Å². The van der Waals surface area contributed by atoms with Gasteiger partial charge < -0.3 is 8.98 Å². The first kappa shape index (κ1) is 36.1. The molecule has 0 amide bonds. The molecule has 0 spiro atoms. The van der Waals surface area contributed by atoms with Crippen LogP contribution in [0, 0.1) is 0 Å². The third kappa shape index (κ3) is 5.61. The molecule has 14 aromatic rings. The van der Waals surface area contributed by atoms with E-state index >= 15 is 0 Å². The van der Waals surface area contributed by atoms with Crippen molar-refractivity contribution >= 4 is 96.8 Å². The fraction of sp³-hybridized carbons (Fsp3) is 0. The van der Waals surface area contributed by atoms with Crippen molar-refractivity contribution in [3.63, 3.8) is 0 Å². The molecule has 0 saturated heterocycles. The van der Waals surface area contributed by atoms with Crippen molar-refractivity contribution in [3.05, 3.63) is 206 Å². The standard InChI is InChI=1S/C59H34N4OS/c1-2-14-36(15-3-1)57-60-58(39-26-28-44-43-20-9-11-24-53(43)65-54(44)33-39)62-59(61-57)46-30-27-40(63-50-22-10-8-19-42(50)49-31-37-16-4-5-17-38(37)32-51(49)63)34-48(46)45-21-12-23-52-55(45)47-29-25-35-13-6-7-18-41(35)56(47)64-52/h1-34H. The maximum atomic E-state index is 6.80. The van der Waals surface area contributed by atoms with Gasteiger partial charge in [0.15, 0.2) is 17.5 Å². The molecule has 0 saturated carbocycles. The molecule has 0 N–H and O–H groups in total. The number of fused-ring (bicyclic) bond motifs is 12. The average molecular weight is 847 g/mol. The van der Waals surface area contributed by atoms with Crippen LogP contribution in [0.5, 0.6) is 0 Å². The largest absolute Gasteiger partial charge is 0.455 e. The van der Waals surface area contributed by atoms with Crippen LogP contribution in [0.25, 0.3) is 136 Å². The first-order valence-corrected chi connectivity index (χ1v) is 22.7. The number of hydrogen-bond acceptors (Lipinski definition) is 5. The van der Waals surface area contributed by atoms with Gasteiger partial charge in [-0.2, -0.15) is 0 Å². The number of nitrogens with zero attached hydrogens (tertiary/aromatic N) is 4. The van der Waals surface area contributed by atoms with Gasteiger partial charge in [-0.25, -0.2) is 15.0 Å². The van der Waals surface area contributed by atoms with Crippen LogP contribution in [0.3, 0.4) is 0 Å². The maximum absolute atomic E-state index is 6.80. The number of para-hydroxylation sites is 1. The van der Waals surface area contributed by atoms with E-state index in [0.717, 1.165) is 77.2 Å². The van der Waals surface area contributed by atoms with Gasteiger partial charge >= 0.3 is 0 Å². The van der Waals surface area contributed by atoms with Crippen LogP contribution in [0.15, 0.2) is 211 Å². The Balaban J connectivity index is 1.06. The second kappa shape index (κ2) is 14.0. The molecule has 0 bridgehead atoms. The quantitative estimate of drug-likeness (QED) is 0.173. The van der Waals surface area contributed by atoms with E-state index in [1.165, 1.54) is 41.7 Å². The second-order valence-corrected chi connectivity index (χ2v) is 17.8. The molecular weight excluding hydrogens is 813 g/mol. The van der Waals surface area contributed by atoms with Gasteiger partial charge in [0, 0.05) is 69.5 Å². The van der Waals surface area contributed by atoms with E-state index < -0.39 is 0 Å². The summed E-state index contributed by atoms with van der Waals surface area (Å²) in [7, 11) is 0. The van der Waals surface area contributed by atoms with Crippen LogP contribution in [-0.4, -0.2) is 19.5 Å². The number of hydrogen-bond donors (Lipinski definition) is 0. The van der Waals surface area contributed by atoms with E-state index in [0.29, 0.717) is 17.5 Å². The molecule has 4 aromatic heterocycles. The van der Waals surface area contributed by atoms with Crippen molar-refractivity contribution in [1.82, 2.24) is 19.5 Å². The van der Waals surface area contributed by atoms with Gasteiger partial charge in [-0.3, -0.25) is 0 Å². The maximum Gasteiger partial charge on any atom is 0.164 e. The molecule has 0 atom stereocenters. The van der Waals surface area contributed by atoms with Crippen LogP contribution in [-0.2, 0) is 0 Å². The highest BCUT2D eigenvalue weighted by molar-refractivity contribution is 7.25. The highest BCUT2D eigenvalue weighted by atomic mass is 32.1. The molecule has 0 aliphatic heterocycles.